The maximum Gasteiger partial charge on any atom is 0.264 e. The molecule has 3 rings (SSSR count). The van der Waals surface area contributed by atoms with E-state index in [1.807, 2.05) is 32.0 Å². The van der Waals surface area contributed by atoms with E-state index in [0.29, 0.717) is 30.0 Å². The number of benzene rings is 3. The highest BCUT2D eigenvalue weighted by atomic mass is 32.2. The second kappa shape index (κ2) is 12.0. The van der Waals surface area contributed by atoms with Gasteiger partial charge < -0.3 is 5.32 Å². The average Bonchev–Trinajstić information content (AvgIpc) is 2.82. The van der Waals surface area contributed by atoms with E-state index in [2.05, 4.69) is 5.32 Å². The van der Waals surface area contributed by atoms with Crippen molar-refractivity contribution in [2.75, 3.05) is 23.1 Å². The lowest BCUT2D eigenvalue weighted by molar-refractivity contribution is -0.119. The molecule has 0 saturated carbocycles. The molecule has 3 aromatic rings. The number of aryl methyl sites for hydroxylation is 2. The van der Waals surface area contributed by atoms with Crippen molar-refractivity contribution in [2.45, 2.75) is 30.9 Å². The molecule has 1 N–H and O–H groups in total. The fourth-order valence-electron chi connectivity index (χ4n) is 3.25. The number of thioether (sulfide) groups is 1. The van der Waals surface area contributed by atoms with Gasteiger partial charge in [-0.05, 0) is 61.9 Å². The number of nitrogens with one attached hydrogen (secondary N) is 1. The van der Waals surface area contributed by atoms with E-state index in [9.17, 15) is 17.6 Å². The molecule has 0 bridgehead atoms. The van der Waals surface area contributed by atoms with E-state index in [-0.39, 0.29) is 23.2 Å². The Balaban J connectivity index is 1.59. The monoisotopic (exact) mass is 500 g/mol. The van der Waals surface area contributed by atoms with Crippen LogP contribution >= 0.6 is 11.8 Å². The fourth-order valence-corrected chi connectivity index (χ4v) is 5.62. The minimum atomic E-state index is -3.92. The van der Waals surface area contributed by atoms with Crippen LogP contribution in [0.2, 0.25) is 0 Å². The van der Waals surface area contributed by atoms with Crippen LogP contribution in [0.5, 0.6) is 0 Å². The molecule has 180 valence electrons. The number of sulfonamides is 1. The van der Waals surface area contributed by atoms with Gasteiger partial charge in [-0.25, -0.2) is 12.8 Å². The third kappa shape index (κ3) is 7.08. The zero-order chi connectivity index (χ0) is 24.6. The summed E-state index contributed by atoms with van der Waals surface area (Å²) in [4.78, 5) is 12.8. The fraction of sp³-hybridized carbons (Fsp3) is 0.269. The summed E-state index contributed by atoms with van der Waals surface area (Å²) in [5.41, 5.74) is 3.04. The first-order chi connectivity index (χ1) is 16.3. The molecule has 5 nitrogen and oxygen atoms in total. The Hall–Kier alpha value is -2.84. The van der Waals surface area contributed by atoms with Gasteiger partial charge in [-0.2, -0.15) is 11.8 Å². The maximum atomic E-state index is 13.7. The predicted octanol–water partition coefficient (Wildman–Crippen LogP) is 5.08. The summed E-state index contributed by atoms with van der Waals surface area (Å²) < 4.78 is 41.5. The first-order valence-electron chi connectivity index (χ1n) is 11.0. The third-order valence-corrected chi connectivity index (χ3v) is 8.10. The van der Waals surface area contributed by atoms with Crippen LogP contribution in [0.3, 0.4) is 0 Å². The molecule has 3 aromatic carbocycles. The molecule has 0 aliphatic carbocycles. The predicted molar refractivity (Wildman–Crippen MR) is 137 cm³/mol. The van der Waals surface area contributed by atoms with Crippen molar-refractivity contribution in [3.05, 3.63) is 95.3 Å². The molecule has 0 spiro atoms. The van der Waals surface area contributed by atoms with Crippen LogP contribution in [0.15, 0.2) is 77.7 Å². The Morgan fingerprint density at radius 1 is 0.941 bits per heavy atom. The van der Waals surface area contributed by atoms with Crippen molar-refractivity contribution >= 4 is 33.4 Å². The topological polar surface area (TPSA) is 66.5 Å². The summed E-state index contributed by atoms with van der Waals surface area (Å²) in [5.74, 6) is 0.721. The van der Waals surface area contributed by atoms with Crippen LogP contribution in [0.4, 0.5) is 10.1 Å². The highest BCUT2D eigenvalue weighted by Crippen LogP contribution is 2.24. The Bertz CT molecular complexity index is 1200. The zero-order valence-corrected chi connectivity index (χ0v) is 21.0. The lowest BCUT2D eigenvalue weighted by atomic mass is 10.2. The molecule has 0 unspecified atom stereocenters. The van der Waals surface area contributed by atoms with Gasteiger partial charge >= 0.3 is 0 Å². The van der Waals surface area contributed by atoms with Gasteiger partial charge in [-0.15, -0.1) is 0 Å². The summed E-state index contributed by atoms with van der Waals surface area (Å²) in [5, 5.41) is 2.80. The van der Waals surface area contributed by atoms with Crippen LogP contribution in [-0.2, 0) is 20.6 Å². The van der Waals surface area contributed by atoms with Gasteiger partial charge in [0.15, 0.2) is 0 Å². The molecule has 34 heavy (non-hydrogen) atoms. The quantitative estimate of drug-likeness (QED) is 0.373. The number of carbonyl (C=O) groups excluding carboxylic acids is 1. The Morgan fingerprint density at radius 3 is 2.21 bits per heavy atom. The molecule has 0 heterocycles. The highest BCUT2D eigenvalue weighted by Gasteiger charge is 2.27. The highest BCUT2D eigenvalue weighted by molar-refractivity contribution is 7.98. The van der Waals surface area contributed by atoms with Crippen LogP contribution in [-0.4, -0.2) is 33.2 Å². The zero-order valence-electron chi connectivity index (χ0n) is 19.3. The van der Waals surface area contributed by atoms with Crippen molar-refractivity contribution in [2.24, 2.45) is 0 Å². The van der Waals surface area contributed by atoms with E-state index >= 15 is 0 Å². The number of amides is 1. The number of hydrogen-bond acceptors (Lipinski definition) is 4. The number of nitrogens with zero attached hydrogens (tertiary/aromatic N) is 1. The molecule has 0 aromatic heterocycles. The van der Waals surface area contributed by atoms with E-state index in [1.165, 1.54) is 6.07 Å². The Labute approximate surface area is 205 Å². The van der Waals surface area contributed by atoms with E-state index in [1.54, 1.807) is 60.3 Å². The normalized spacial score (nSPS) is 11.3. The molecular weight excluding hydrogens is 471 g/mol. The van der Waals surface area contributed by atoms with Crippen molar-refractivity contribution in [1.29, 1.82) is 0 Å². The van der Waals surface area contributed by atoms with Crippen LogP contribution < -0.4 is 9.62 Å². The lowest BCUT2D eigenvalue weighted by Crippen LogP contribution is -2.41. The molecule has 0 saturated heterocycles. The van der Waals surface area contributed by atoms with E-state index in [4.69, 9.17) is 0 Å². The van der Waals surface area contributed by atoms with Gasteiger partial charge in [0, 0.05) is 12.3 Å². The number of carbonyl (C=O) groups is 1. The van der Waals surface area contributed by atoms with Crippen LogP contribution in [0.1, 0.15) is 23.1 Å². The Morgan fingerprint density at radius 2 is 1.56 bits per heavy atom. The van der Waals surface area contributed by atoms with Gasteiger partial charge in [0.05, 0.1) is 10.6 Å². The molecule has 0 aliphatic heterocycles. The SMILES string of the molecule is Cc1ccc(N(CC(=O)NCCCSCc2ccccc2F)S(=O)(=O)c2ccc(C)cc2)cc1. The molecule has 0 aliphatic rings. The van der Waals surface area contributed by atoms with Crippen LogP contribution in [0.25, 0.3) is 0 Å². The van der Waals surface area contributed by atoms with Crippen molar-refractivity contribution in [1.82, 2.24) is 5.32 Å². The van der Waals surface area contributed by atoms with Gasteiger partial charge in [0.2, 0.25) is 5.91 Å². The second-order valence-corrected chi connectivity index (χ2v) is 11.0. The third-order valence-electron chi connectivity index (χ3n) is 5.22. The Kier molecular flexibility index (Phi) is 9.12. The number of rotatable bonds is 11. The second-order valence-electron chi connectivity index (χ2n) is 8.01. The largest absolute Gasteiger partial charge is 0.354 e. The number of anilines is 1. The molecule has 0 atom stereocenters. The van der Waals surface area contributed by atoms with Gasteiger partial charge in [0.25, 0.3) is 10.0 Å². The van der Waals surface area contributed by atoms with Crippen LogP contribution in [0, 0.1) is 19.7 Å². The average molecular weight is 501 g/mol. The molecule has 0 radical (unpaired) electrons. The minimum absolute atomic E-state index is 0.135. The summed E-state index contributed by atoms with van der Waals surface area (Å²) in [6.07, 6.45) is 0.695. The number of halogens is 1. The molecule has 8 heteroatoms. The first-order valence-corrected chi connectivity index (χ1v) is 13.6. The van der Waals surface area contributed by atoms with Gasteiger partial charge in [-0.1, -0.05) is 53.6 Å². The van der Waals surface area contributed by atoms with E-state index in [0.717, 1.165) is 21.2 Å². The minimum Gasteiger partial charge on any atom is -0.354 e. The summed E-state index contributed by atoms with van der Waals surface area (Å²) in [6.45, 7) is 3.90. The van der Waals surface area contributed by atoms with E-state index < -0.39 is 10.0 Å². The summed E-state index contributed by atoms with van der Waals surface area (Å²) in [6, 6.07) is 20.3. The van der Waals surface area contributed by atoms with Crippen molar-refractivity contribution in [3.63, 3.8) is 0 Å². The maximum absolute atomic E-state index is 13.7. The smallest absolute Gasteiger partial charge is 0.264 e. The lowest BCUT2D eigenvalue weighted by Gasteiger charge is -2.24. The molecular formula is C26H29FN2O3S2. The molecule has 1 amide bonds. The summed E-state index contributed by atoms with van der Waals surface area (Å²) >= 11 is 1.59. The van der Waals surface area contributed by atoms with Gasteiger partial charge in [0.1, 0.15) is 12.4 Å². The summed E-state index contributed by atoms with van der Waals surface area (Å²) in [7, 11) is -3.92. The number of hydrogen-bond donors (Lipinski definition) is 1. The van der Waals surface area contributed by atoms with Crippen molar-refractivity contribution < 1.29 is 17.6 Å². The molecule has 0 fully saturated rings. The van der Waals surface area contributed by atoms with Crippen molar-refractivity contribution in [3.8, 4) is 0 Å². The standard InChI is InChI=1S/C26H29FN2O3S2/c1-20-8-12-23(13-9-20)29(34(31,32)24-14-10-21(2)11-15-24)18-26(30)28-16-5-17-33-19-22-6-3-4-7-25(22)27/h3-4,6-15H,5,16-19H2,1-2H3,(H,28,30). The van der Waals surface area contributed by atoms with Gasteiger partial charge in [-0.3, -0.25) is 9.10 Å². The first kappa shape index (κ1) is 25.8.